The van der Waals surface area contributed by atoms with E-state index in [0.717, 1.165) is 16.5 Å². The number of rotatable bonds is 7. The third kappa shape index (κ3) is 4.64. The highest BCUT2D eigenvalue weighted by atomic mass is 79.9. The van der Waals surface area contributed by atoms with Crippen molar-refractivity contribution in [2.75, 3.05) is 26.1 Å². The van der Waals surface area contributed by atoms with Crippen LogP contribution >= 0.6 is 15.9 Å². The summed E-state index contributed by atoms with van der Waals surface area (Å²) in [6, 6.07) is 10.9. The van der Waals surface area contributed by atoms with Gasteiger partial charge in [0, 0.05) is 16.2 Å². The van der Waals surface area contributed by atoms with Crippen LogP contribution in [0.2, 0.25) is 0 Å². The van der Waals surface area contributed by atoms with Crippen LogP contribution in [-0.2, 0) is 11.2 Å². The van der Waals surface area contributed by atoms with Crippen LogP contribution in [0.25, 0.3) is 0 Å². The van der Waals surface area contributed by atoms with Crippen molar-refractivity contribution < 1.29 is 19.0 Å². The molecule has 0 spiro atoms. The zero-order valence-electron chi connectivity index (χ0n) is 13.9. The number of benzene rings is 2. The first-order valence-electron chi connectivity index (χ1n) is 7.50. The number of halogens is 1. The van der Waals surface area contributed by atoms with Crippen molar-refractivity contribution in [1.29, 1.82) is 0 Å². The SMILES string of the molecule is CCc1cc(Br)ccc1OCC(=O)Nc1ccc(OC)c(OC)c1. The van der Waals surface area contributed by atoms with Gasteiger partial charge in [-0.1, -0.05) is 22.9 Å². The Bertz CT molecular complexity index is 718. The van der Waals surface area contributed by atoms with Crippen molar-refractivity contribution in [2.24, 2.45) is 0 Å². The van der Waals surface area contributed by atoms with Crippen LogP contribution in [0.15, 0.2) is 40.9 Å². The second kappa shape index (κ2) is 8.59. The van der Waals surface area contributed by atoms with Gasteiger partial charge in [-0.3, -0.25) is 4.79 Å². The lowest BCUT2D eigenvalue weighted by molar-refractivity contribution is -0.118. The molecule has 0 radical (unpaired) electrons. The van der Waals surface area contributed by atoms with Crippen molar-refractivity contribution in [1.82, 2.24) is 0 Å². The van der Waals surface area contributed by atoms with Gasteiger partial charge in [0.1, 0.15) is 5.75 Å². The van der Waals surface area contributed by atoms with E-state index < -0.39 is 0 Å². The standard InChI is InChI=1S/C18H20BrNO4/c1-4-12-9-13(19)5-7-15(12)24-11-18(21)20-14-6-8-16(22-2)17(10-14)23-3/h5-10H,4,11H2,1-3H3,(H,20,21). The molecule has 5 nitrogen and oxygen atoms in total. The first-order chi connectivity index (χ1) is 11.6. The summed E-state index contributed by atoms with van der Waals surface area (Å²) in [5.74, 6) is 1.63. The van der Waals surface area contributed by atoms with Crippen molar-refractivity contribution in [3.05, 3.63) is 46.4 Å². The molecule has 6 heteroatoms. The lowest BCUT2D eigenvalue weighted by atomic mass is 10.1. The molecular weight excluding hydrogens is 374 g/mol. The number of hydrogen-bond acceptors (Lipinski definition) is 4. The second-order valence-electron chi connectivity index (χ2n) is 5.01. The molecule has 0 unspecified atom stereocenters. The fourth-order valence-corrected chi connectivity index (χ4v) is 2.63. The van der Waals surface area contributed by atoms with E-state index in [2.05, 4.69) is 21.2 Å². The van der Waals surface area contributed by atoms with Crippen LogP contribution in [0.3, 0.4) is 0 Å². The highest BCUT2D eigenvalue weighted by Crippen LogP contribution is 2.29. The zero-order chi connectivity index (χ0) is 17.5. The molecule has 2 aromatic carbocycles. The minimum atomic E-state index is -0.243. The molecule has 0 atom stereocenters. The summed E-state index contributed by atoms with van der Waals surface area (Å²) >= 11 is 3.43. The number of aryl methyl sites for hydroxylation is 1. The molecule has 0 saturated carbocycles. The van der Waals surface area contributed by atoms with Gasteiger partial charge in [-0.05, 0) is 42.3 Å². The average Bonchev–Trinajstić information content (AvgIpc) is 2.60. The molecular formula is C18H20BrNO4. The molecule has 0 bridgehead atoms. The number of amides is 1. The summed E-state index contributed by atoms with van der Waals surface area (Å²) in [6.45, 7) is 1.97. The van der Waals surface area contributed by atoms with E-state index >= 15 is 0 Å². The van der Waals surface area contributed by atoms with Crippen LogP contribution in [0.1, 0.15) is 12.5 Å². The zero-order valence-corrected chi connectivity index (χ0v) is 15.5. The Morgan fingerprint density at radius 3 is 2.42 bits per heavy atom. The summed E-state index contributed by atoms with van der Waals surface area (Å²) in [5, 5.41) is 2.78. The van der Waals surface area contributed by atoms with Gasteiger partial charge in [-0.25, -0.2) is 0 Å². The number of anilines is 1. The molecule has 0 fully saturated rings. The monoisotopic (exact) mass is 393 g/mol. The van der Waals surface area contributed by atoms with Gasteiger partial charge in [-0.2, -0.15) is 0 Å². The normalized spacial score (nSPS) is 10.2. The Morgan fingerprint density at radius 1 is 1.04 bits per heavy atom. The van der Waals surface area contributed by atoms with Crippen molar-refractivity contribution >= 4 is 27.5 Å². The topological polar surface area (TPSA) is 56.8 Å². The first-order valence-corrected chi connectivity index (χ1v) is 8.29. The van der Waals surface area contributed by atoms with Crippen LogP contribution in [0, 0.1) is 0 Å². The van der Waals surface area contributed by atoms with Crippen LogP contribution in [-0.4, -0.2) is 26.7 Å². The molecule has 0 aromatic heterocycles. The first kappa shape index (κ1) is 18.1. The molecule has 0 aliphatic heterocycles. The number of hydrogen-bond donors (Lipinski definition) is 1. The van der Waals surface area contributed by atoms with Crippen LogP contribution in [0.4, 0.5) is 5.69 Å². The number of carbonyl (C=O) groups is 1. The Morgan fingerprint density at radius 2 is 1.75 bits per heavy atom. The van der Waals surface area contributed by atoms with E-state index in [1.807, 2.05) is 25.1 Å². The minimum absolute atomic E-state index is 0.0665. The third-order valence-electron chi connectivity index (χ3n) is 3.43. The van der Waals surface area contributed by atoms with Gasteiger partial charge < -0.3 is 19.5 Å². The Kier molecular flexibility index (Phi) is 6.49. The predicted octanol–water partition coefficient (Wildman–Crippen LogP) is 4.05. The molecule has 1 amide bonds. The Hall–Kier alpha value is -2.21. The van der Waals surface area contributed by atoms with Crippen LogP contribution < -0.4 is 19.5 Å². The van der Waals surface area contributed by atoms with Gasteiger partial charge in [0.05, 0.1) is 14.2 Å². The van der Waals surface area contributed by atoms with E-state index in [-0.39, 0.29) is 12.5 Å². The fourth-order valence-electron chi connectivity index (χ4n) is 2.22. The Balaban J connectivity index is 1.99. The van der Waals surface area contributed by atoms with Crippen molar-refractivity contribution in [3.63, 3.8) is 0 Å². The molecule has 0 aliphatic carbocycles. The van der Waals surface area contributed by atoms with E-state index in [1.165, 1.54) is 0 Å². The largest absolute Gasteiger partial charge is 0.493 e. The predicted molar refractivity (Wildman–Crippen MR) is 97.2 cm³/mol. The van der Waals surface area contributed by atoms with Gasteiger partial charge in [0.15, 0.2) is 18.1 Å². The molecule has 24 heavy (non-hydrogen) atoms. The fraction of sp³-hybridized carbons (Fsp3) is 0.278. The average molecular weight is 394 g/mol. The molecule has 0 saturated heterocycles. The lowest BCUT2D eigenvalue weighted by Crippen LogP contribution is -2.20. The molecule has 2 aromatic rings. The van der Waals surface area contributed by atoms with Crippen molar-refractivity contribution in [3.8, 4) is 17.2 Å². The Labute approximate surface area is 150 Å². The van der Waals surface area contributed by atoms with Gasteiger partial charge in [-0.15, -0.1) is 0 Å². The van der Waals surface area contributed by atoms with Gasteiger partial charge >= 0.3 is 0 Å². The number of ether oxygens (including phenoxy) is 3. The van der Waals surface area contributed by atoms with Gasteiger partial charge in [0.25, 0.3) is 5.91 Å². The summed E-state index contributed by atoms with van der Waals surface area (Å²) in [5.41, 5.74) is 1.66. The quantitative estimate of drug-likeness (QED) is 0.770. The van der Waals surface area contributed by atoms with E-state index in [4.69, 9.17) is 14.2 Å². The highest BCUT2D eigenvalue weighted by Gasteiger charge is 2.09. The van der Waals surface area contributed by atoms with E-state index in [1.54, 1.807) is 32.4 Å². The van der Waals surface area contributed by atoms with E-state index in [9.17, 15) is 4.79 Å². The number of nitrogens with one attached hydrogen (secondary N) is 1. The van der Waals surface area contributed by atoms with E-state index in [0.29, 0.717) is 22.9 Å². The highest BCUT2D eigenvalue weighted by molar-refractivity contribution is 9.10. The molecule has 2 rings (SSSR count). The molecule has 128 valence electrons. The summed E-state index contributed by atoms with van der Waals surface area (Å²) < 4.78 is 17.0. The van der Waals surface area contributed by atoms with Crippen molar-refractivity contribution in [2.45, 2.75) is 13.3 Å². The molecule has 0 heterocycles. The maximum absolute atomic E-state index is 12.1. The molecule has 1 N–H and O–H groups in total. The minimum Gasteiger partial charge on any atom is -0.493 e. The smallest absolute Gasteiger partial charge is 0.262 e. The van der Waals surface area contributed by atoms with Crippen LogP contribution in [0.5, 0.6) is 17.2 Å². The summed E-state index contributed by atoms with van der Waals surface area (Å²) in [4.78, 5) is 12.1. The second-order valence-corrected chi connectivity index (χ2v) is 5.93. The third-order valence-corrected chi connectivity index (χ3v) is 3.92. The summed E-state index contributed by atoms with van der Waals surface area (Å²) in [7, 11) is 3.11. The number of carbonyl (C=O) groups excluding carboxylic acids is 1. The summed E-state index contributed by atoms with van der Waals surface area (Å²) in [6.07, 6.45) is 0.825. The lowest BCUT2D eigenvalue weighted by Gasteiger charge is -2.12. The maximum Gasteiger partial charge on any atom is 0.262 e. The number of methoxy groups -OCH3 is 2. The van der Waals surface area contributed by atoms with Gasteiger partial charge in [0.2, 0.25) is 0 Å². The molecule has 0 aliphatic rings. The maximum atomic E-state index is 12.1.